The van der Waals surface area contributed by atoms with E-state index >= 15 is 0 Å². The number of rotatable bonds is 3. The molecule has 19 heavy (non-hydrogen) atoms. The Balaban J connectivity index is -0.000000853. The van der Waals surface area contributed by atoms with E-state index in [2.05, 4.69) is 54.1 Å². The second kappa shape index (κ2) is 9.34. The summed E-state index contributed by atoms with van der Waals surface area (Å²) in [5.41, 5.74) is 6.24. The summed E-state index contributed by atoms with van der Waals surface area (Å²) in [6.07, 6.45) is 0. The first-order valence-corrected chi connectivity index (χ1v) is 11.7. The molecular weight excluding hydrogens is 346 g/mol. The van der Waals surface area contributed by atoms with Crippen molar-refractivity contribution in [2.45, 2.75) is 40.8 Å². The van der Waals surface area contributed by atoms with Crippen LogP contribution in [0.15, 0.2) is 0 Å². The van der Waals surface area contributed by atoms with Crippen LogP contribution in [0.2, 0.25) is 13.1 Å². The Morgan fingerprint density at radius 1 is 0.895 bits per heavy atom. The van der Waals surface area contributed by atoms with Gasteiger partial charge in [0.1, 0.15) is 0 Å². The van der Waals surface area contributed by atoms with Crippen LogP contribution < -0.4 is 30.0 Å². The van der Waals surface area contributed by atoms with Crippen molar-refractivity contribution in [3.8, 4) is 0 Å². The van der Waals surface area contributed by atoms with Gasteiger partial charge in [0.05, 0.1) is 0 Å². The summed E-state index contributed by atoms with van der Waals surface area (Å²) in [5.74, 6) is 1.47. The van der Waals surface area contributed by atoms with E-state index in [1.807, 2.05) is 0 Å². The normalized spacial score (nSPS) is 10.6. The monoisotopic (exact) mass is 371 g/mol. The van der Waals surface area contributed by atoms with Gasteiger partial charge in [-0.1, -0.05) is 40.8 Å². The predicted molar refractivity (Wildman–Crippen MR) is 81.7 cm³/mol. The molecule has 0 aliphatic carbocycles. The second-order valence-corrected chi connectivity index (χ2v) is 13.7. The van der Waals surface area contributed by atoms with Gasteiger partial charge in [-0.05, 0) is 19.1 Å². The second-order valence-electron chi connectivity index (χ2n) is 6.00. The molecule has 5 heteroatoms. The molecule has 0 bridgehead atoms. The molecule has 1 aromatic carbocycles. The molecule has 0 amide bonds. The molecule has 1 aromatic rings. The standard InChI is InChI=1S/C14H26PSi.2ClH.Ti/c1-10-11(2)13(4)14(12(10)3)16(7,8)9-15(5)6;;;/h9H2,1-8H3;2*1H;/q-1;;;+3/p-2. The fourth-order valence-corrected chi connectivity index (χ4v) is 12.5. The summed E-state index contributed by atoms with van der Waals surface area (Å²) in [5, 5.41) is 1.75. The smallest absolute Gasteiger partial charge is 1.00 e. The van der Waals surface area contributed by atoms with Gasteiger partial charge < -0.3 is 24.8 Å². The molecule has 0 atom stereocenters. The van der Waals surface area contributed by atoms with Crippen molar-refractivity contribution < 1.29 is 46.5 Å². The van der Waals surface area contributed by atoms with E-state index in [-0.39, 0.29) is 54.5 Å². The summed E-state index contributed by atoms with van der Waals surface area (Å²) in [6.45, 7) is 19.1. The molecule has 0 unspecified atom stereocenters. The Labute approximate surface area is 149 Å². The zero-order valence-corrected chi connectivity index (χ0v) is 18.4. The molecule has 0 fully saturated rings. The van der Waals surface area contributed by atoms with Crippen LogP contribution in [0.5, 0.6) is 0 Å². The molecule has 109 valence electrons. The average Bonchev–Trinajstić information content (AvgIpc) is 2.29. The van der Waals surface area contributed by atoms with Crippen molar-refractivity contribution >= 4 is 21.2 Å². The van der Waals surface area contributed by atoms with Gasteiger partial charge >= 0.3 is 21.7 Å². The molecule has 0 N–H and O–H groups in total. The van der Waals surface area contributed by atoms with Crippen LogP contribution in [0.3, 0.4) is 0 Å². The van der Waals surface area contributed by atoms with Gasteiger partial charge in [-0.25, -0.2) is 0 Å². The molecule has 1 rings (SSSR count). The first kappa shape index (κ1) is 25.3. The molecule has 0 aliphatic rings. The molecule has 0 heterocycles. The summed E-state index contributed by atoms with van der Waals surface area (Å²) >= 11 is 0. The van der Waals surface area contributed by atoms with E-state index in [4.69, 9.17) is 0 Å². The molecule has 0 nitrogen and oxygen atoms in total. The predicted octanol–water partition coefficient (Wildman–Crippen LogP) is -2.16. The first-order valence-electron chi connectivity index (χ1n) is 6.06. The number of halogens is 2. The van der Waals surface area contributed by atoms with E-state index in [1.54, 1.807) is 16.3 Å². The van der Waals surface area contributed by atoms with Gasteiger partial charge in [-0.2, -0.15) is 27.4 Å². The molecule has 0 spiro atoms. The van der Waals surface area contributed by atoms with Gasteiger partial charge in [0, 0.05) is 8.07 Å². The quantitative estimate of drug-likeness (QED) is 0.322. The zero-order chi connectivity index (χ0) is 12.7. The fourth-order valence-electron chi connectivity index (χ4n) is 3.10. The van der Waals surface area contributed by atoms with E-state index in [9.17, 15) is 0 Å². The Hall–Kier alpha value is 1.29. The minimum Gasteiger partial charge on any atom is -1.00 e. The van der Waals surface area contributed by atoms with Crippen LogP contribution in [0.4, 0.5) is 0 Å². The maximum Gasteiger partial charge on any atom is 3.00 e. The van der Waals surface area contributed by atoms with Crippen LogP contribution in [0, 0.1) is 27.7 Å². The average molecular weight is 372 g/mol. The van der Waals surface area contributed by atoms with Gasteiger partial charge in [0.25, 0.3) is 0 Å². The fraction of sp³-hybridized carbons (Fsp3) is 0.643. The Kier molecular flexibility index (Phi) is 12.4. The summed E-state index contributed by atoms with van der Waals surface area (Å²) in [7, 11) is -0.989. The third kappa shape index (κ3) is 5.53. The molecule has 0 saturated carbocycles. The molecule has 1 radical (unpaired) electrons. The van der Waals surface area contributed by atoms with Crippen LogP contribution in [-0.2, 0) is 21.7 Å². The van der Waals surface area contributed by atoms with Crippen molar-refractivity contribution in [1.29, 1.82) is 0 Å². The van der Waals surface area contributed by atoms with Crippen molar-refractivity contribution in [1.82, 2.24) is 0 Å². The Morgan fingerprint density at radius 2 is 1.21 bits per heavy atom. The van der Waals surface area contributed by atoms with Gasteiger partial charge in [0.15, 0.2) is 0 Å². The van der Waals surface area contributed by atoms with Crippen LogP contribution in [0.25, 0.3) is 0 Å². The van der Waals surface area contributed by atoms with Crippen molar-refractivity contribution in [3.63, 3.8) is 0 Å². The third-order valence-electron chi connectivity index (χ3n) is 3.83. The molecule has 0 aromatic heterocycles. The molecule has 0 aliphatic heterocycles. The maximum absolute atomic E-state index is 2.55. The largest absolute Gasteiger partial charge is 3.00 e. The topological polar surface area (TPSA) is 0 Å². The minimum absolute atomic E-state index is 0. The number of hydrogen-bond donors (Lipinski definition) is 0. The van der Waals surface area contributed by atoms with Crippen molar-refractivity contribution in [3.05, 3.63) is 22.3 Å². The van der Waals surface area contributed by atoms with Crippen LogP contribution >= 0.6 is 7.92 Å². The van der Waals surface area contributed by atoms with Crippen molar-refractivity contribution in [2.24, 2.45) is 0 Å². The van der Waals surface area contributed by atoms with E-state index in [0.717, 1.165) is 0 Å². The Morgan fingerprint density at radius 3 is 1.47 bits per heavy atom. The van der Waals surface area contributed by atoms with E-state index in [1.165, 1.54) is 16.9 Å². The van der Waals surface area contributed by atoms with Gasteiger partial charge in [0.2, 0.25) is 0 Å². The Bertz CT molecular complexity index is 375. The SMILES string of the molecule is Cc1c(C)c(C)[c-]([Si](C)(C)CP(C)C)c1C.[Cl-].[Cl-].[Ti+3]. The van der Waals surface area contributed by atoms with Gasteiger partial charge in [-0.3, -0.25) is 0 Å². The van der Waals surface area contributed by atoms with E-state index in [0.29, 0.717) is 0 Å². The summed E-state index contributed by atoms with van der Waals surface area (Å²) < 4.78 is 0. The zero-order valence-electron chi connectivity index (χ0n) is 13.4. The number of hydrogen-bond acceptors (Lipinski definition) is 0. The summed E-state index contributed by atoms with van der Waals surface area (Å²) in [4.78, 5) is 0. The van der Waals surface area contributed by atoms with E-state index < -0.39 is 8.07 Å². The van der Waals surface area contributed by atoms with Crippen LogP contribution in [-0.4, -0.2) is 27.2 Å². The van der Waals surface area contributed by atoms with Crippen LogP contribution in [0.1, 0.15) is 22.3 Å². The summed E-state index contributed by atoms with van der Waals surface area (Å²) in [6, 6.07) is 0. The first-order chi connectivity index (χ1) is 7.18. The van der Waals surface area contributed by atoms with Crippen molar-refractivity contribution in [2.75, 3.05) is 19.1 Å². The molecular formula is C14H26Cl2PSiTi. The minimum atomic E-state index is -1.21. The van der Waals surface area contributed by atoms with Gasteiger partial charge in [-0.15, -0.1) is 7.92 Å². The molecule has 0 saturated heterocycles. The maximum atomic E-state index is 2.55. The third-order valence-corrected chi connectivity index (χ3v) is 11.6.